The number of anilines is 2. The number of nitrogens with zero attached hydrogens (tertiary/aromatic N) is 2. The van der Waals surface area contributed by atoms with E-state index in [9.17, 15) is 25.0 Å². The van der Waals surface area contributed by atoms with E-state index in [2.05, 4.69) is 5.32 Å². The van der Waals surface area contributed by atoms with Crippen LogP contribution in [0.15, 0.2) is 57.7 Å². The van der Waals surface area contributed by atoms with Crippen LogP contribution in [0.1, 0.15) is 0 Å². The summed E-state index contributed by atoms with van der Waals surface area (Å²) >= 11 is 0. The number of benzene rings is 2. The van der Waals surface area contributed by atoms with Crippen LogP contribution >= 0.6 is 0 Å². The molecule has 0 bridgehead atoms. The van der Waals surface area contributed by atoms with Gasteiger partial charge in [0.1, 0.15) is 11.3 Å². The van der Waals surface area contributed by atoms with Crippen molar-refractivity contribution in [2.45, 2.75) is 0 Å². The zero-order valence-corrected chi connectivity index (χ0v) is 12.0. The summed E-state index contributed by atoms with van der Waals surface area (Å²) in [5, 5.41) is 25.1. The van der Waals surface area contributed by atoms with E-state index in [4.69, 9.17) is 4.42 Å². The molecule has 120 valence electrons. The van der Waals surface area contributed by atoms with Crippen molar-refractivity contribution in [1.82, 2.24) is 0 Å². The lowest BCUT2D eigenvalue weighted by Crippen LogP contribution is -2.10. The van der Waals surface area contributed by atoms with E-state index in [1.54, 1.807) is 18.2 Å². The zero-order valence-electron chi connectivity index (χ0n) is 12.0. The zero-order chi connectivity index (χ0) is 17.3. The molecule has 9 nitrogen and oxygen atoms in total. The highest BCUT2D eigenvalue weighted by Crippen LogP contribution is 2.33. The number of fused-ring (bicyclic) bond motifs is 1. The Labute approximate surface area is 133 Å². The molecule has 0 saturated carbocycles. The number of rotatable bonds is 4. The van der Waals surface area contributed by atoms with Gasteiger partial charge in [-0.25, -0.2) is 4.79 Å². The highest BCUT2D eigenvalue weighted by Gasteiger charge is 2.25. The fraction of sp³-hybridized carbons (Fsp3) is 0. The molecule has 3 aromatic rings. The SMILES string of the molecule is O=c1oc2ccccc2c(Nc2cccc([N+](=O)[O-])c2)c1[N+](=O)[O-]. The van der Waals surface area contributed by atoms with E-state index in [1.807, 2.05) is 0 Å². The molecule has 0 unspecified atom stereocenters. The minimum absolute atomic E-state index is 0.0765. The lowest BCUT2D eigenvalue weighted by molar-refractivity contribution is -0.386. The van der Waals surface area contributed by atoms with Crippen LogP contribution in [0.5, 0.6) is 0 Å². The third-order valence-electron chi connectivity index (χ3n) is 3.30. The second-order valence-electron chi connectivity index (χ2n) is 4.80. The fourth-order valence-corrected chi connectivity index (χ4v) is 2.27. The van der Waals surface area contributed by atoms with Gasteiger partial charge in [-0.05, 0) is 18.2 Å². The molecular formula is C15H9N3O6. The van der Waals surface area contributed by atoms with Crippen molar-refractivity contribution >= 4 is 33.7 Å². The molecule has 1 N–H and O–H groups in total. The summed E-state index contributed by atoms with van der Waals surface area (Å²) in [7, 11) is 0. The van der Waals surface area contributed by atoms with E-state index in [0.29, 0.717) is 5.39 Å². The molecule has 0 amide bonds. The number of para-hydroxylation sites is 1. The lowest BCUT2D eigenvalue weighted by atomic mass is 10.1. The summed E-state index contributed by atoms with van der Waals surface area (Å²) in [4.78, 5) is 32.6. The minimum Gasteiger partial charge on any atom is -0.418 e. The van der Waals surface area contributed by atoms with Gasteiger partial charge in [-0.3, -0.25) is 20.2 Å². The molecule has 1 heterocycles. The monoisotopic (exact) mass is 327 g/mol. The predicted octanol–water partition coefficient (Wildman–Crippen LogP) is 3.35. The Balaban J connectivity index is 2.23. The van der Waals surface area contributed by atoms with E-state index in [-0.39, 0.29) is 22.6 Å². The molecule has 0 aliphatic heterocycles. The lowest BCUT2D eigenvalue weighted by Gasteiger charge is -2.09. The molecule has 2 aromatic carbocycles. The van der Waals surface area contributed by atoms with Gasteiger partial charge in [-0.15, -0.1) is 0 Å². The Morgan fingerprint density at radius 2 is 1.71 bits per heavy atom. The molecule has 0 fully saturated rings. The molecule has 0 atom stereocenters. The van der Waals surface area contributed by atoms with Crippen LogP contribution in [0.25, 0.3) is 11.0 Å². The highest BCUT2D eigenvalue weighted by atomic mass is 16.6. The molecule has 0 radical (unpaired) electrons. The first-order valence-electron chi connectivity index (χ1n) is 6.69. The maximum Gasteiger partial charge on any atom is 0.417 e. The van der Waals surface area contributed by atoms with Crippen molar-refractivity contribution in [3.63, 3.8) is 0 Å². The summed E-state index contributed by atoms with van der Waals surface area (Å²) in [5.41, 5.74) is -1.72. The van der Waals surface area contributed by atoms with Crippen LogP contribution in [0.3, 0.4) is 0 Å². The van der Waals surface area contributed by atoms with E-state index >= 15 is 0 Å². The van der Waals surface area contributed by atoms with Gasteiger partial charge in [-0.2, -0.15) is 0 Å². The van der Waals surface area contributed by atoms with Gasteiger partial charge in [0.05, 0.1) is 9.85 Å². The normalized spacial score (nSPS) is 10.5. The van der Waals surface area contributed by atoms with Crippen LogP contribution < -0.4 is 10.9 Å². The third-order valence-corrected chi connectivity index (χ3v) is 3.30. The van der Waals surface area contributed by atoms with E-state index < -0.39 is 21.2 Å². The van der Waals surface area contributed by atoms with Gasteiger partial charge in [0.15, 0.2) is 0 Å². The molecular weight excluding hydrogens is 318 g/mol. The molecule has 0 aliphatic rings. The quantitative estimate of drug-likeness (QED) is 0.442. The first kappa shape index (κ1) is 15.2. The molecule has 0 aliphatic carbocycles. The largest absolute Gasteiger partial charge is 0.418 e. The second-order valence-corrected chi connectivity index (χ2v) is 4.80. The number of nitro groups is 2. The summed E-state index contributed by atoms with van der Waals surface area (Å²) in [6.07, 6.45) is 0. The van der Waals surface area contributed by atoms with Crippen molar-refractivity contribution in [3.05, 3.63) is 79.2 Å². The number of nitro benzene ring substituents is 1. The molecule has 0 spiro atoms. The van der Waals surface area contributed by atoms with Gasteiger partial charge in [0, 0.05) is 23.2 Å². The Bertz CT molecular complexity index is 1030. The third kappa shape index (κ3) is 2.65. The maximum atomic E-state index is 11.9. The number of nitrogens with one attached hydrogen (secondary N) is 1. The Hall–Kier alpha value is -3.75. The van der Waals surface area contributed by atoms with Gasteiger partial charge < -0.3 is 9.73 Å². The van der Waals surface area contributed by atoms with Gasteiger partial charge in [-0.1, -0.05) is 18.2 Å². The Kier molecular flexibility index (Phi) is 3.66. The summed E-state index contributed by atoms with van der Waals surface area (Å²) in [5.74, 6) is 0. The topological polar surface area (TPSA) is 129 Å². The predicted molar refractivity (Wildman–Crippen MR) is 85.5 cm³/mol. The first-order valence-corrected chi connectivity index (χ1v) is 6.69. The Morgan fingerprint density at radius 1 is 0.958 bits per heavy atom. The number of hydrogen-bond acceptors (Lipinski definition) is 7. The van der Waals surface area contributed by atoms with Crippen molar-refractivity contribution in [2.24, 2.45) is 0 Å². The first-order chi connectivity index (χ1) is 11.5. The molecule has 3 rings (SSSR count). The molecule has 1 aromatic heterocycles. The standard InChI is InChI=1S/C15H9N3O6/c19-15-14(18(22)23)13(11-6-1-2-7-12(11)24-15)16-9-4-3-5-10(8-9)17(20)21/h1-8,16H. The molecule has 24 heavy (non-hydrogen) atoms. The van der Waals surface area contributed by atoms with Crippen LogP contribution in [0.2, 0.25) is 0 Å². The Morgan fingerprint density at radius 3 is 2.42 bits per heavy atom. The van der Waals surface area contributed by atoms with Crippen molar-refractivity contribution in [2.75, 3.05) is 5.32 Å². The van der Waals surface area contributed by atoms with Gasteiger partial charge >= 0.3 is 11.3 Å². The fourth-order valence-electron chi connectivity index (χ4n) is 2.27. The average molecular weight is 327 g/mol. The smallest absolute Gasteiger partial charge is 0.417 e. The van der Waals surface area contributed by atoms with Crippen molar-refractivity contribution < 1.29 is 14.3 Å². The average Bonchev–Trinajstić information content (AvgIpc) is 2.54. The minimum atomic E-state index is -1.10. The maximum absolute atomic E-state index is 11.9. The van der Waals surface area contributed by atoms with Crippen LogP contribution in [0, 0.1) is 20.2 Å². The van der Waals surface area contributed by atoms with E-state index in [0.717, 1.165) is 0 Å². The van der Waals surface area contributed by atoms with Crippen LogP contribution in [-0.2, 0) is 0 Å². The molecule has 9 heteroatoms. The van der Waals surface area contributed by atoms with E-state index in [1.165, 1.54) is 30.3 Å². The summed E-state index contributed by atoms with van der Waals surface area (Å²) < 4.78 is 4.95. The second kappa shape index (κ2) is 5.80. The number of non-ortho nitro benzene ring substituents is 1. The van der Waals surface area contributed by atoms with Gasteiger partial charge in [0.25, 0.3) is 5.69 Å². The highest BCUT2D eigenvalue weighted by molar-refractivity contribution is 5.96. The summed E-state index contributed by atoms with van der Waals surface area (Å²) in [6.45, 7) is 0. The van der Waals surface area contributed by atoms with Gasteiger partial charge in [0.2, 0.25) is 0 Å². The van der Waals surface area contributed by atoms with Crippen LogP contribution in [0.4, 0.5) is 22.7 Å². The summed E-state index contributed by atoms with van der Waals surface area (Å²) in [6, 6.07) is 11.7. The molecule has 0 saturated heterocycles. The van der Waals surface area contributed by atoms with Crippen LogP contribution in [-0.4, -0.2) is 9.85 Å². The number of hydrogen-bond donors (Lipinski definition) is 1. The van der Waals surface area contributed by atoms with Crippen molar-refractivity contribution in [3.8, 4) is 0 Å². The van der Waals surface area contributed by atoms with Crippen molar-refractivity contribution in [1.29, 1.82) is 0 Å².